The number of amides is 2. The van der Waals surface area contributed by atoms with Gasteiger partial charge in [-0.15, -0.1) is 11.3 Å². The van der Waals surface area contributed by atoms with Gasteiger partial charge in [0.2, 0.25) is 11.8 Å². The lowest BCUT2D eigenvalue weighted by Crippen LogP contribution is -2.38. The summed E-state index contributed by atoms with van der Waals surface area (Å²) in [4.78, 5) is 26.1. The Bertz CT molecular complexity index is 391. The molecule has 0 aliphatic carbocycles. The van der Waals surface area contributed by atoms with Gasteiger partial charge in [-0.2, -0.15) is 0 Å². The molecule has 0 unspecified atom stereocenters. The van der Waals surface area contributed by atoms with Gasteiger partial charge in [-0.05, 0) is 38.5 Å². The molecule has 0 bridgehead atoms. The molecular formula is C13H21N3O2S. The molecule has 0 saturated heterocycles. The van der Waals surface area contributed by atoms with E-state index in [1.165, 1.54) is 11.3 Å². The molecular weight excluding hydrogens is 262 g/mol. The van der Waals surface area contributed by atoms with Crippen molar-refractivity contribution >= 4 is 23.2 Å². The van der Waals surface area contributed by atoms with Crippen molar-refractivity contribution in [2.75, 3.05) is 33.7 Å². The van der Waals surface area contributed by atoms with Crippen LogP contribution in [0.5, 0.6) is 0 Å². The van der Waals surface area contributed by atoms with E-state index in [4.69, 9.17) is 0 Å². The van der Waals surface area contributed by atoms with Crippen LogP contribution in [-0.2, 0) is 16.0 Å². The first-order valence-corrected chi connectivity index (χ1v) is 7.16. The number of carbonyl (C=O) groups excluding carboxylic acids is 2. The SMILES string of the molecule is CN(C)CCCNC(=O)CNC(=O)Cc1cccs1. The number of hydrogen-bond acceptors (Lipinski definition) is 4. The Balaban J connectivity index is 2.07. The lowest BCUT2D eigenvalue weighted by atomic mass is 10.3. The first-order chi connectivity index (χ1) is 9.08. The van der Waals surface area contributed by atoms with Gasteiger partial charge in [0.05, 0.1) is 13.0 Å². The van der Waals surface area contributed by atoms with Crippen molar-refractivity contribution in [1.82, 2.24) is 15.5 Å². The highest BCUT2D eigenvalue weighted by Gasteiger charge is 2.06. The van der Waals surface area contributed by atoms with Crippen LogP contribution in [0.2, 0.25) is 0 Å². The predicted octanol–water partition coefficient (Wildman–Crippen LogP) is 0.475. The Morgan fingerprint density at radius 3 is 2.68 bits per heavy atom. The van der Waals surface area contributed by atoms with E-state index in [1.807, 2.05) is 31.6 Å². The number of rotatable bonds is 8. The second-order valence-electron chi connectivity index (χ2n) is 4.54. The van der Waals surface area contributed by atoms with Crippen LogP contribution < -0.4 is 10.6 Å². The fourth-order valence-electron chi connectivity index (χ4n) is 1.50. The van der Waals surface area contributed by atoms with Gasteiger partial charge >= 0.3 is 0 Å². The van der Waals surface area contributed by atoms with Crippen molar-refractivity contribution in [2.45, 2.75) is 12.8 Å². The normalized spacial score (nSPS) is 10.5. The summed E-state index contributed by atoms with van der Waals surface area (Å²) in [6.45, 7) is 1.62. The van der Waals surface area contributed by atoms with Crippen LogP contribution in [0.25, 0.3) is 0 Å². The smallest absolute Gasteiger partial charge is 0.239 e. The van der Waals surface area contributed by atoms with E-state index in [-0.39, 0.29) is 18.4 Å². The van der Waals surface area contributed by atoms with Gasteiger partial charge in [-0.1, -0.05) is 6.07 Å². The number of nitrogens with one attached hydrogen (secondary N) is 2. The third kappa shape index (κ3) is 7.58. The summed E-state index contributed by atoms with van der Waals surface area (Å²) in [5, 5.41) is 7.32. The maximum absolute atomic E-state index is 11.5. The Labute approximate surface area is 118 Å². The third-order valence-electron chi connectivity index (χ3n) is 2.47. The molecule has 2 N–H and O–H groups in total. The molecule has 19 heavy (non-hydrogen) atoms. The Morgan fingerprint density at radius 2 is 2.05 bits per heavy atom. The van der Waals surface area contributed by atoms with Crippen LogP contribution in [0.15, 0.2) is 17.5 Å². The monoisotopic (exact) mass is 283 g/mol. The van der Waals surface area contributed by atoms with Gasteiger partial charge in [0, 0.05) is 11.4 Å². The molecule has 1 heterocycles. The summed E-state index contributed by atoms with van der Waals surface area (Å²) in [5.74, 6) is -0.260. The van der Waals surface area contributed by atoms with Crippen LogP contribution in [0, 0.1) is 0 Å². The van der Waals surface area contributed by atoms with Crippen molar-refractivity contribution in [2.24, 2.45) is 0 Å². The first kappa shape index (κ1) is 15.7. The number of carbonyl (C=O) groups is 2. The molecule has 0 atom stereocenters. The first-order valence-electron chi connectivity index (χ1n) is 6.28. The van der Waals surface area contributed by atoms with Crippen molar-refractivity contribution < 1.29 is 9.59 Å². The van der Waals surface area contributed by atoms with Crippen LogP contribution in [0.1, 0.15) is 11.3 Å². The predicted molar refractivity (Wildman–Crippen MR) is 77.2 cm³/mol. The minimum absolute atomic E-state index is 0.0478. The van der Waals surface area contributed by atoms with E-state index in [0.29, 0.717) is 13.0 Å². The second kappa shape index (κ2) is 8.66. The highest BCUT2D eigenvalue weighted by atomic mass is 32.1. The quantitative estimate of drug-likeness (QED) is 0.682. The van der Waals surface area contributed by atoms with Crippen molar-refractivity contribution in [1.29, 1.82) is 0 Å². The van der Waals surface area contributed by atoms with Crippen LogP contribution >= 0.6 is 11.3 Å². The molecule has 0 saturated carbocycles. The summed E-state index contributed by atoms with van der Waals surface area (Å²) in [7, 11) is 3.99. The molecule has 1 aromatic heterocycles. The summed E-state index contributed by atoms with van der Waals surface area (Å²) < 4.78 is 0. The van der Waals surface area contributed by atoms with Gasteiger partial charge in [0.1, 0.15) is 0 Å². The molecule has 2 amide bonds. The fourth-order valence-corrected chi connectivity index (χ4v) is 2.20. The highest BCUT2D eigenvalue weighted by molar-refractivity contribution is 7.10. The molecule has 0 aromatic carbocycles. The molecule has 106 valence electrons. The number of hydrogen-bond donors (Lipinski definition) is 2. The summed E-state index contributed by atoms with van der Waals surface area (Å²) in [5.41, 5.74) is 0. The average Bonchev–Trinajstić information content (AvgIpc) is 2.84. The Morgan fingerprint density at radius 1 is 1.26 bits per heavy atom. The van der Waals surface area contributed by atoms with Gasteiger partial charge in [-0.3, -0.25) is 9.59 Å². The summed E-state index contributed by atoms with van der Waals surface area (Å²) >= 11 is 1.54. The molecule has 0 aliphatic heterocycles. The molecule has 1 aromatic rings. The van der Waals surface area contributed by atoms with Gasteiger partial charge in [0.25, 0.3) is 0 Å². The van der Waals surface area contributed by atoms with E-state index >= 15 is 0 Å². The topological polar surface area (TPSA) is 61.4 Å². The zero-order chi connectivity index (χ0) is 14.1. The third-order valence-corrected chi connectivity index (χ3v) is 3.34. The summed E-state index contributed by atoms with van der Waals surface area (Å²) in [6.07, 6.45) is 1.24. The van der Waals surface area contributed by atoms with Crippen molar-refractivity contribution in [3.8, 4) is 0 Å². The molecule has 0 aliphatic rings. The maximum Gasteiger partial charge on any atom is 0.239 e. The van der Waals surface area contributed by atoms with Gasteiger partial charge in [-0.25, -0.2) is 0 Å². The average molecular weight is 283 g/mol. The molecule has 0 spiro atoms. The molecule has 0 fully saturated rings. The lowest BCUT2D eigenvalue weighted by molar-refractivity contribution is -0.125. The standard InChI is InChI=1S/C13H21N3O2S/c1-16(2)7-4-6-14-13(18)10-15-12(17)9-11-5-3-8-19-11/h3,5,8H,4,6-7,9-10H2,1-2H3,(H,14,18)(H,15,17). The molecule has 1 rings (SSSR count). The molecule has 0 radical (unpaired) electrons. The lowest BCUT2D eigenvalue weighted by Gasteiger charge is -2.10. The second-order valence-corrected chi connectivity index (χ2v) is 5.57. The summed E-state index contributed by atoms with van der Waals surface area (Å²) in [6, 6.07) is 3.82. The van der Waals surface area contributed by atoms with Crippen molar-refractivity contribution in [3.05, 3.63) is 22.4 Å². The molecule has 5 nitrogen and oxygen atoms in total. The van der Waals surface area contributed by atoms with Gasteiger partial charge in [0.15, 0.2) is 0 Å². The van der Waals surface area contributed by atoms with E-state index in [9.17, 15) is 9.59 Å². The van der Waals surface area contributed by atoms with E-state index < -0.39 is 0 Å². The van der Waals surface area contributed by atoms with Gasteiger partial charge < -0.3 is 15.5 Å². The zero-order valence-corrected chi connectivity index (χ0v) is 12.3. The van der Waals surface area contributed by atoms with E-state index in [2.05, 4.69) is 15.5 Å². The fraction of sp³-hybridized carbons (Fsp3) is 0.538. The van der Waals surface area contributed by atoms with Crippen molar-refractivity contribution in [3.63, 3.8) is 0 Å². The highest BCUT2D eigenvalue weighted by Crippen LogP contribution is 2.08. The van der Waals surface area contributed by atoms with E-state index in [0.717, 1.165) is 17.8 Å². The van der Waals surface area contributed by atoms with Crippen LogP contribution in [0.3, 0.4) is 0 Å². The number of thiophene rings is 1. The molecule has 6 heteroatoms. The van der Waals surface area contributed by atoms with Crippen LogP contribution in [-0.4, -0.2) is 50.4 Å². The van der Waals surface area contributed by atoms with E-state index in [1.54, 1.807) is 0 Å². The minimum Gasteiger partial charge on any atom is -0.355 e. The van der Waals surface area contributed by atoms with Crippen LogP contribution in [0.4, 0.5) is 0 Å². The number of nitrogens with zero attached hydrogens (tertiary/aromatic N) is 1. The Kier molecular flexibility index (Phi) is 7.14. The Hall–Kier alpha value is -1.40. The maximum atomic E-state index is 11.5. The largest absolute Gasteiger partial charge is 0.355 e. The zero-order valence-electron chi connectivity index (χ0n) is 11.4. The minimum atomic E-state index is -0.140.